The second kappa shape index (κ2) is 8.94. The summed E-state index contributed by atoms with van der Waals surface area (Å²) in [6.07, 6.45) is 1.44. The van der Waals surface area contributed by atoms with Gasteiger partial charge < -0.3 is 20.3 Å². The third-order valence-corrected chi connectivity index (χ3v) is 5.21. The Hall–Kier alpha value is -3.09. The smallest absolute Gasteiger partial charge is 0.321 e. The van der Waals surface area contributed by atoms with Crippen LogP contribution in [0.1, 0.15) is 25.3 Å². The second-order valence-corrected chi connectivity index (χ2v) is 7.56. The number of rotatable bonds is 5. The van der Waals surface area contributed by atoms with E-state index in [0.29, 0.717) is 31.7 Å². The Bertz CT molecular complexity index is 872. The van der Waals surface area contributed by atoms with Crippen LogP contribution in [0, 0.1) is 11.2 Å². The molecule has 0 saturated carbocycles. The number of piperidine rings is 1. The molecule has 7 heteroatoms. The second-order valence-electron chi connectivity index (χ2n) is 7.56. The van der Waals surface area contributed by atoms with Crippen LogP contribution in [0.15, 0.2) is 48.5 Å². The first-order valence-electron chi connectivity index (χ1n) is 9.62. The molecule has 0 unspecified atom stereocenters. The Morgan fingerprint density at radius 1 is 1.21 bits per heavy atom. The van der Waals surface area contributed by atoms with E-state index in [-0.39, 0.29) is 17.8 Å². The van der Waals surface area contributed by atoms with Crippen molar-refractivity contribution in [2.75, 3.05) is 25.5 Å². The fourth-order valence-corrected chi connectivity index (χ4v) is 3.51. The fourth-order valence-electron chi connectivity index (χ4n) is 3.51. The summed E-state index contributed by atoms with van der Waals surface area (Å²) >= 11 is 0. The largest absolute Gasteiger partial charge is 0.497 e. The van der Waals surface area contributed by atoms with Crippen molar-refractivity contribution >= 4 is 17.6 Å². The van der Waals surface area contributed by atoms with Crippen molar-refractivity contribution in [1.82, 2.24) is 10.2 Å². The number of urea groups is 1. The maximum Gasteiger partial charge on any atom is 0.321 e. The number of benzene rings is 2. The highest BCUT2D eigenvalue weighted by molar-refractivity contribution is 5.90. The van der Waals surface area contributed by atoms with E-state index in [1.54, 1.807) is 12.0 Å². The zero-order valence-corrected chi connectivity index (χ0v) is 16.7. The number of methoxy groups -OCH3 is 1. The summed E-state index contributed by atoms with van der Waals surface area (Å²) in [5.41, 5.74) is 0.797. The number of anilines is 1. The Balaban J connectivity index is 1.59. The molecule has 29 heavy (non-hydrogen) atoms. The van der Waals surface area contributed by atoms with Crippen molar-refractivity contribution in [3.05, 3.63) is 59.9 Å². The van der Waals surface area contributed by atoms with Crippen LogP contribution < -0.4 is 15.4 Å². The van der Waals surface area contributed by atoms with Gasteiger partial charge in [0.15, 0.2) is 0 Å². The molecule has 0 radical (unpaired) electrons. The molecule has 3 amide bonds. The highest BCUT2D eigenvalue weighted by Gasteiger charge is 2.39. The van der Waals surface area contributed by atoms with Crippen molar-refractivity contribution in [3.8, 4) is 5.75 Å². The van der Waals surface area contributed by atoms with Gasteiger partial charge in [0.05, 0.1) is 12.5 Å². The van der Waals surface area contributed by atoms with Crippen molar-refractivity contribution in [1.29, 1.82) is 0 Å². The van der Waals surface area contributed by atoms with Gasteiger partial charge in [-0.1, -0.05) is 12.1 Å². The van der Waals surface area contributed by atoms with Gasteiger partial charge in [-0.15, -0.1) is 0 Å². The van der Waals surface area contributed by atoms with Crippen LogP contribution in [0.3, 0.4) is 0 Å². The number of carbonyl (C=O) groups excluding carboxylic acids is 2. The van der Waals surface area contributed by atoms with E-state index in [0.717, 1.165) is 17.7 Å². The number of ether oxygens (including phenoxy) is 1. The van der Waals surface area contributed by atoms with E-state index < -0.39 is 5.41 Å². The maximum absolute atomic E-state index is 13.0. The summed E-state index contributed by atoms with van der Waals surface area (Å²) in [4.78, 5) is 27.1. The summed E-state index contributed by atoms with van der Waals surface area (Å²) in [5.74, 6) is 0.296. The van der Waals surface area contributed by atoms with Crippen LogP contribution in [-0.2, 0) is 11.3 Å². The summed E-state index contributed by atoms with van der Waals surface area (Å²) in [5, 5.41) is 5.74. The standard InChI is InChI=1S/C22H26FN3O3/c1-22(20(27)24-14-16-5-3-6-19(13-16)29-2)11-4-12-26(15-22)21(28)25-18-9-7-17(23)8-10-18/h3,5-10,13H,4,11-12,14-15H2,1-2H3,(H,24,27)(H,25,28)/t22-/m1/s1. The molecular weight excluding hydrogens is 373 g/mol. The Morgan fingerprint density at radius 3 is 2.69 bits per heavy atom. The molecule has 1 aliphatic heterocycles. The van der Waals surface area contributed by atoms with Gasteiger partial charge in [0.2, 0.25) is 5.91 Å². The molecule has 1 aliphatic rings. The molecule has 2 aromatic rings. The molecule has 1 heterocycles. The average molecular weight is 399 g/mol. The predicted molar refractivity (Wildman–Crippen MR) is 109 cm³/mol. The first-order chi connectivity index (χ1) is 13.9. The lowest BCUT2D eigenvalue weighted by Crippen LogP contribution is -2.52. The third-order valence-electron chi connectivity index (χ3n) is 5.21. The van der Waals surface area contributed by atoms with Gasteiger partial charge in [0.25, 0.3) is 0 Å². The normalized spacial score (nSPS) is 18.8. The predicted octanol–water partition coefficient (Wildman–Crippen LogP) is 3.78. The third kappa shape index (κ3) is 5.25. The number of amides is 3. The van der Waals surface area contributed by atoms with Crippen LogP contribution >= 0.6 is 0 Å². The van der Waals surface area contributed by atoms with Crippen LogP contribution in [0.25, 0.3) is 0 Å². The monoisotopic (exact) mass is 399 g/mol. The van der Waals surface area contributed by atoms with Gasteiger partial charge in [0.1, 0.15) is 11.6 Å². The number of hydrogen-bond donors (Lipinski definition) is 2. The molecule has 1 atom stereocenters. The zero-order chi connectivity index (χ0) is 20.9. The molecule has 2 N–H and O–H groups in total. The molecular formula is C22H26FN3O3. The zero-order valence-electron chi connectivity index (χ0n) is 16.7. The number of carbonyl (C=O) groups is 2. The molecule has 3 rings (SSSR count). The van der Waals surface area contributed by atoms with Crippen molar-refractivity contribution < 1.29 is 18.7 Å². The number of nitrogens with zero attached hydrogens (tertiary/aromatic N) is 1. The van der Waals surface area contributed by atoms with Gasteiger partial charge in [-0.2, -0.15) is 0 Å². The molecule has 6 nitrogen and oxygen atoms in total. The molecule has 0 bridgehead atoms. The highest BCUT2D eigenvalue weighted by atomic mass is 19.1. The SMILES string of the molecule is COc1cccc(CNC(=O)[C@]2(C)CCCN(C(=O)Nc3ccc(F)cc3)C2)c1. The highest BCUT2D eigenvalue weighted by Crippen LogP contribution is 2.30. The molecule has 1 saturated heterocycles. The summed E-state index contributed by atoms with van der Waals surface area (Å²) in [6.45, 7) is 3.17. The summed E-state index contributed by atoms with van der Waals surface area (Å²) < 4.78 is 18.2. The first kappa shape index (κ1) is 20.6. The van der Waals surface area contributed by atoms with Gasteiger partial charge in [-0.25, -0.2) is 9.18 Å². The van der Waals surface area contributed by atoms with E-state index in [1.165, 1.54) is 24.3 Å². The van der Waals surface area contributed by atoms with E-state index >= 15 is 0 Å². The number of likely N-dealkylation sites (tertiary alicyclic amines) is 1. The van der Waals surface area contributed by atoms with Crippen molar-refractivity contribution in [3.63, 3.8) is 0 Å². The lowest BCUT2D eigenvalue weighted by Gasteiger charge is -2.39. The van der Waals surface area contributed by atoms with Gasteiger partial charge >= 0.3 is 6.03 Å². The van der Waals surface area contributed by atoms with Crippen LogP contribution in [0.2, 0.25) is 0 Å². The fraction of sp³-hybridized carbons (Fsp3) is 0.364. The van der Waals surface area contributed by atoms with Gasteiger partial charge in [0, 0.05) is 25.3 Å². The van der Waals surface area contributed by atoms with Crippen LogP contribution in [0.4, 0.5) is 14.9 Å². The maximum atomic E-state index is 13.0. The average Bonchev–Trinajstić information content (AvgIpc) is 2.73. The molecule has 0 aliphatic carbocycles. The van der Waals surface area contributed by atoms with Crippen LogP contribution in [-0.4, -0.2) is 37.0 Å². The molecule has 1 fully saturated rings. The van der Waals surface area contributed by atoms with E-state index in [1.807, 2.05) is 31.2 Å². The topological polar surface area (TPSA) is 70.7 Å². The number of hydrogen-bond acceptors (Lipinski definition) is 3. The Labute approximate surface area is 170 Å². The molecule has 2 aromatic carbocycles. The summed E-state index contributed by atoms with van der Waals surface area (Å²) in [7, 11) is 1.60. The van der Waals surface area contributed by atoms with E-state index in [4.69, 9.17) is 4.74 Å². The lowest BCUT2D eigenvalue weighted by atomic mass is 9.81. The molecule has 0 spiro atoms. The van der Waals surface area contributed by atoms with Gasteiger partial charge in [-0.05, 0) is 61.7 Å². The van der Waals surface area contributed by atoms with Crippen molar-refractivity contribution in [2.24, 2.45) is 5.41 Å². The minimum absolute atomic E-state index is 0.0837. The summed E-state index contributed by atoms with van der Waals surface area (Å²) in [6, 6.07) is 12.9. The van der Waals surface area contributed by atoms with Crippen LogP contribution in [0.5, 0.6) is 5.75 Å². The minimum Gasteiger partial charge on any atom is -0.497 e. The van der Waals surface area contributed by atoms with E-state index in [2.05, 4.69) is 10.6 Å². The van der Waals surface area contributed by atoms with E-state index in [9.17, 15) is 14.0 Å². The number of halogens is 1. The minimum atomic E-state index is -0.669. The molecule has 154 valence electrons. The Kier molecular flexibility index (Phi) is 6.36. The van der Waals surface area contributed by atoms with Crippen molar-refractivity contribution in [2.45, 2.75) is 26.3 Å². The quantitative estimate of drug-likeness (QED) is 0.804. The lowest BCUT2D eigenvalue weighted by molar-refractivity contribution is -0.132. The first-order valence-corrected chi connectivity index (χ1v) is 9.62. The number of nitrogens with one attached hydrogen (secondary N) is 2. The Morgan fingerprint density at radius 2 is 1.97 bits per heavy atom. The molecule has 0 aromatic heterocycles. The van der Waals surface area contributed by atoms with Gasteiger partial charge in [-0.3, -0.25) is 4.79 Å².